The standard InChI is InChI=1S/C19H32N2/c1-6-16-9-11-21(12-10-16)18-8-7-17(15(2)13-18)14-20-19(3,4)5/h7-8,13,16,20H,6,9-12,14H2,1-5H3. The minimum Gasteiger partial charge on any atom is -0.372 e. The first-order valence-electron chi connectivity index (χ1n) is 8.48. The second-order valence-electron chi connectivity index (χ2n) is 7.55. The van der Waals surface area contributed by atoms with Gasteiger partial charge in [0.05, 0.1) is 0 Å². The van der Waals surface area contributed by atoms with Gasteiger partial charge in [-0.25, -0.2) is 0 Å². The van der Waals surface area contributed by atoms with E-state index in [-0.39, 0.29) is 5.54 Å². The van der Waals surface area contributed by atoms with Gasteiger partial charge in [-0.1, -0.05) is 19.4 Å². The molecular formula is C19H32N2. The van der Waals surface area contributed by atoms with Gasteiger partial charge in [0.25, 0.3) is 0 Å². The summed E-state index contributed by atoms with van der Waals surface area (Å²) < 4.78 is 0. The van der Waals surface area contributed by atoms with E-state index in [0.29, 0.717) is 0 Å². The minimum atomic E-state index is 0.174. The lowest BCUT2D eigenvalue weighted by Crippen LogP contribution is -2.35. The Morgan fingerprint density at radius 3 is 2.38 bits per heavy atom. The number of nitrogens with zero attached hydrogens (tertiary/aromatic N) is 1. The largest absolute Gasteiger partial charge is 0.372 e. The first kappa shape index (κ1) is 16.4. The minimum absolute atomic E-state index is 0.174. The number of hydrogen-bond donors (Lipinski definition) is 1. The fourth-order valence-corrected chi connectivity index (χ4v) is 3.03. The van der Waals surface area contributed by atoms with Gasteiger partial charge in [0.2, 0.25) is 0 Å². The summed E-state index contributed by atoms with van der Waals surface area (Å²) in [6.07, 6.45) is 4.04. The molecule has 0 aliphatic carbocycles. The Morgan fingerprint density at radius 1 is 1.19 bits per heavy atom. The van der Waals surface area contributed by atoms with Crippen LogP contribution in [0, 0.1) is 12.8 Å². The number of aryl methyl sites for hydroxylation is 1. The molecule has 0 spiro atoms. The van der Waals surface area contributed by atoms with Gasteiger partial charge in [-0.05, 0) is 69.7 Å². The Kier molecular flexibility index (Phi) is 5.32. The molecule has 1 aromatic rings. The van der Waals surface area contributed by atoms with E-state index in [1.54, 1.807) is 0 Å². The Morgan fingerprint density at radius 2 is 1.86 bits per heavy atom. The normalized spacial score (nSPS) is 17.3. The molecule has 118 valence electrons. The fourth-order valence-electron chi connectivity index (χ4n) is 3.03. The molecule has 1 aromatic carbocycles. The molecule has 0 bridgehead atoms. The molecule has 2 nitrogen and oxygen atoms in total. The SMILES string of the molecule is CCC1CCN(c2ccc(CNC(C)(C)C)c(C)c2)CC1. The summed E-state index contributed by atoms with van der Waals surface area (Å²) in [5.74, 6) is 0.942. The van der Waals surface area contributed by atoms with Gasteiger partial charge in [-0.15, -0.1) is 0 Å². The van der Waals surface area contributed by atoms with Crippen molar-refractivity contribution in [1.29, 1.82) is 0 Å². The number of rotatable bonds is 4. The van der Waals surface area contributed by atoms with Crippen molar-refractivity contribution in [2.45, 2.75) is 66.0 Å². The molecule has 0 unspecified atom stereocenters. The molecule has 21 heavy (non-hydrogen) atoms. The van der Waals surface area contributed by atoms with Crippen LogP contribution in [0.5, 0.6) is 0 Å². The first-order chi connectivity index (χ1) is 9.89. The predicted molar refractivity (Wildman–Crippen MR) is 93.0 cm³/mol. The van der Waals surface area contributed by atoms with E-state index in [0.717, 1.165) is 12.5 Å². The second-order valence-corrected chi connectivity index (χ2v) is 7.55. The molecular weight excluding hydrogens is 256 g/mol. The van der Waals surface area contributed by atoms with Crippen molar-refractivity contribution in [2.75, 3.05) is 18.0 Å². The van der Waals surface area contributed by atoms with Gasteiger partial charge in [0.1, 0.15) is 0 Å². The molecule has 1 N–H and O–H groups in total. The summed E-state index contributed by atoms with van der Waals surface area (Å²) in [6.45, 7) is 14.6. The van der Waals surface area contributed by atoms with Crippen LogP contribution in [-0.2, 0) is 6.54 Å². The van der Waals surface area contributed by atoms with E-state index in [9.17, 15) is 0 Å². The van der Waals surface area contributed by atoms with Crippen LogP contribution in [0.3, 0.4) is 0 Å². The van der Waals surface area contributed by atoms with Crippen molar-refractivity contribution >= 4 is 5.69 Å². The summed E-state index contributed by atoms with van der Waals surface area (Å²) >= 11 is 0. The van der Waals surface area contributed by atoms with Gasteiger partial charge in [-0.2, -0.15) is 0 Å². The molecule has 0 atom stereocenters. The van der Waals surface area contributed by atoms with Crippen LogP contribution in [-0.4, -0.2) is 18.6 Å². The van der Waals surface area contributed by atoms with E-state index >= 15 is 0 Å². The van der Waals surface area contributed by atoms with Gasteiger partial charge in [0.15, 0.2) is 0 Å². The highest BCUT2D eigenvalue weighted by Gasteiger charge is 2.18. The smallest absolute Gasteiger partial charge is 0.0369 e. The summed E-state index contributed by atoms with van der Waals surface area (Å²) in [4.78, 5) is 2.56. The maximum Gasteiger partial charge on any atom is 0.0369 e. The lowest BCUT2D eigenvalue weighted by Gasteiger charge is -2.33. The zero-order valence-corrected chi connectivity index (χ0v) is 14.5. The molecule has 1 saturated heterocycles. The molecule has 0 radical (unpaired) electrons. The molecule has 1 aliphatic heterocycles. The van der Waals surface area contributed by atoms with Crippen LogP contribution in [0.4, 0.5) is 5.69 Å². The van der Waals surface area contributed by atoms with Crippen molar-refractivity contribution in [2.24, 2.45) is 5.92 Å². The van der Waals surface area contributed by atoms with E-state index in [1.165, 1.54) is 49.2 Å². The summed E-state index contributed by atoms with van der Waals surface area (Å²) in [6, 6.07) is 6.97. The van der Waals surface area contributed by atoms with Gasteiger partial charge in [-0.3, -0.25) is 0 Å². The zero-order valence-electron chi connectivity index (χ0n) is 14.5. The predicted octanol–water partition coefficient (Wildman–Crippen LogP) is 4.51. The number of anilines is 1. The first-order valence-corrected chi connectivity index (χ1v) is 8.48. The zero-order chi connectivity index (χ0) is 15.5. The Labute approximate surface area is 130 Å². The van der Waals surface area contributed by atoms with Gasteiger partial charge >= 0.3 is 0 Å². The van der Waals surface area contributed by atoms with Crippen LogP contribution < -0.4 is 10.2 Å². The second kappa shape index (κ2) is 6.83. The molecule has 0 aromatic heterocycles. The highest BCUT2D eigenvalue weighted by Crippen LogP contribution is 2.26. The van der Waals surface area contributed by atoms with E-state index < -0.39 is 0 Å². The van der Waals surface area contributed by atoms with Crippen molar-refractivity contribution in [3.8, 4) is 0 Å². The average molecular weight is 288 g/mol. The highest BCUT2D eigenvalue weighted by molar-refractivity contribution is 5.51. The molecule has 1 aliphatic rings. The van der Waals surface area contributed by atoms with E-state index in [2.05, 4.69) is 63.0 Å². The number of hydrogen-bond acceptors (Lipinski definition) is 2. The van der Waals surface area contributed by atoms with Crippen LogP contribution in [0.25, 0.3) is 0 Å². The maximum atomic E-state index is 3.58. The number of nitrogens with one attached hydrogen (secondary N) is 1. The topological polar surface area (TPSA) is 15.3 Å². The Bertz CT molecular complexity index is 451. The molecule has 1 heterocycles. The van der Waals surface area contributed by atoms with Crippen molar-refractivity contribution < 1.29 is 0 Å². The third kappa shape index (κ3) is 4.74. The summed E-state index contributed by atoms with van der Waals surface area (Å²) in [5, 5.41) is 3.58. The van der Waals surface area contributed by atoms with Crippen molar-refractivity contribution in [1.82, 2.24) is 5.32 Å². The monoisotopic (exact) mass is 288 g/mol. The third-order valence-electron chi connectivity index (χ3n) is 4.69. The van der Waals surface area contributed by atoms with Crippen LogP contribution in [0.15, 0.2) is 18.2 Å². The summed E-state index contributed by atoms with van der Waals surface area (Å²) in [5.41, 5.74) is 4.40. The fraction of sp³-hybridized carbons (Fsp3) is 0.684. The summed E-state index contributed by atoms with van der Waals surface area (Å²) in [7, 11) is 0. The van der Waals surface area contributed by atoms with Crippen LogP contribution in [0.1, 0.15) is 58.1 Å². The lowest BCUT2D eigenvalue weighted by atomic mass is 9.94. The third-order valence-corrected chi connectivity index (χ3v) is 4.69. The Balaban J connectivity index is 1.99. The average Bonchev–Trinajstić information content (AvgIpc) is 2.45. The lowest BCUT2D eigenvalue weighted by molar-refractivity contribution is 0.395. The Hall–Kier alpha value is -1.02. The van der Waals surface area contributed by atoms with Gasteiger partial charge in [0, 0.05) is 30.9 Å². The van der Waals surface area contributed by atoms with Crippen molar-refractivity contribution in [3.05, 3.63) is 29.3 Å². The van der Waals surface area contributed by atoms with E-state index in [1.807, 2.05) is 0 Å². The highest BCUT2D eigenvalue weighted by atomic mass is 15.1. The van der Waals surface area contributed by atoms with Crippen LogP contribution >= 0.6 is 0 Å². The maximum absolute atomic E-state index is 3.58. The number of benzene rings is 1. The van der Waals surface area contributed by atoms with E-state index in [4.69, 9.17) is 0 Å². The molecule has 0 amide bonds. The van der Waals surface area contributed by atoms with Crippen LogP contribution in [0.2, 0.25) is 0 Å². The molecule has 1 fully saturated rings. The quantitative estimate of drug-likeness (QED) is 0.877. The molecule has 2 heteroatoms. The van der Waals surface area contributed by atoms with Crippen molar-refractivity contribution in [3.63, 3.8) is 0 Å². The molecule has 0 saturated carbocycles. The number of piperidine rings is 1. The molecule has 2 rings (SSSR count). The van der Waals surface area contributed by atoms with Gasteiger partial charge < -0.3 is 10.2 Å².